The normalized spacial score (nSPS) is 14.2. The molecule has 24 heavy (non-hydrogen) atoms. The fourth-order valence-corrected chi connectivity index (χ4v) is 3.71. The summed E-state index contributed by atoms with van der Waals surface area (Å²) in [6.07, 6.45) is 0.693. The molecule has 0 aliphatic heterocycles. The Kier molecular flexibility index (Phi) is 6.05. The van der Waals surface area contributed by atoms with E-state index in [-0.39, 0.29) is 11.0 Å². The van der Waals surface area contributed by atoms with Gasteiger partial charge < -0.3 is 4.74 Å². The molecular formula is C20H21NO2S. The lowest BCUT2D eigenvalue weighted by molar-refractivity contribution is -0.117. The van der Waals surface area contributed by atoms with Gasteiger partial charge in [0.25, 0.3) is 0 Å². The predicted molar refractivity (Wildman–Crippen MR) is 97.1 cm³/mol. The molecule has 0 bridgehead atoms. The SMILES string of the molecule is CCC(c1cccc(OC)c1)C(C)(C#N)C(=O)Sc1ccccc1. The first-order valence-corrected chi connectivity index (χ1v) is 8.69. The predicted octanol–water partition coefficient (Wildman–Crippen LogP) is 5.04. The highest BCUT2D eigenvalue weighted by Gasteiger charge is 2.42. The molecule has 0 spiro atoms. The molecule has 0 amide bonds. The molecule has 0 fully saturated rings. The third-order valence-corrected chi connectivity index (χ3v) is 5.33. The average Bonchev–Trinajstić information content (AvgIpc) is 2.63. The first-order chi connectivity index (χ1) is 11.5. The first-order valence-electron chi connectivity index (χ1n) is 7.87. The summed E-state index contributed by atoms with van der Waals surface area (Å²) < 4.78 is 5.28. The van der Waals surface area contributed by atoms with Gasteiger partial charge in [-0.3, -0.25) is 4.79 Å². The maximum atomic E-state index is 12.9. The molecule has 0 aliphatic carbocycles. The van der Waals surface area contributed by atoms with E-state index in [1.165, 1.54) is 0 Å². The Hall–Kier alpha value is -2.25. The highest BCUT2D eigenvalue weighted by atomic mass is 32.2. The van der Waals surface area contributed by atoms with E-state index < -0.39 is 5.41 Å². The van der Waals surface area contributed by atoms with Crippen molar-refractivity contribution in [2.45, 2.75) is 31.1 Å². The van der Waals surface area contributed by atoms with E-state index >= 15 is 0 Å². The van der Waals surface area contributed by atoms with Gasteiger partial charge in [-0.1, -0.05) is 49.0 Å². The van der Waals surface area contributed by atoms with Crippen molar-refractivity contribution in [3.8, 4) is 11.8 Å². The van der Waals surface area contributed by atoms with Gasteiger partial charge in [0.05, 0.1) is 13.2 Å². The molecule has 0 aromatic heterocycles. The fraction of sp³-hybridized carbons (Fsp3) is 0.300. The summed E-state index contributed by atoms with van der Waals surface area (Å²) in [6.45, 7) is 3.74. The van der Waals surface area contributed by atoms with Gasteiger partial charge >= 0.3 is 0 Å². The molecule has 2 unspecified atom stereocenters. The van der Waals surface area contributed by atoms with E-state index in [9.17, 15) is 10.1 Å². The zero-order chi connectivity index (χ0) is 17.6. The van der Waals surface area contributed by atoms with Crippen LogP contribution in [0, 0.1) is 16.7 Å². The number of nitriles is 1. The van der Waals surface area contributed by atoms with Crippen LogP contribution in [0.5, 0.6) is 5.75 Å². The summed E-state index contributed by atoms with van der Waals surface area (Å²) in [4.78, 5) is 13.8. The van der Waals surface area contributed by atoms with Gasteiger partial charge in [-0.05, 0) is 43.2 Å². The van der Waals surface area contributed by atoms with Gasteiger partial charge in [-0.25, -0.2) is 0 Å². The second-order valence-corrected chi connectivity index (χ2v) is 6.80. The zero-order valence-electron chi connectivity index (χ0n) is 14.2. The number of hydrogen-bond acceptors (Lipinski definition) is 4. The van der Waals surface area contributed by atoms with Crippen molar-refractivity contribution in [1.82, 2.24) is 0 Å². The summed E-state index contributed by atoms with van der Waals surface area (Å²) in [6, 6.07) is 19.3. The second-order valence-electron chi connectivity index (χ2n) is 5.75. The molecule has 0 heterocycles. The highest BCUT2D eigenvalue weighted by Crippen LogP contribution is 2.43. The van der Waals surface area contributed by atoms with E-state index in [0.717, 1.165) is 28.0 Å². The summed E-state index contributed by atoms with van der Waals surface area (Å²) >= 11 is 1.13. The van der Waals surface area contributed by atoms with Crippen molar-refractivity contribution >= 4 is 16.9 Å². The number of methoxy groups -OCH3 is 1. The third kappa shape index (κ3) is 3.80. The van der Waals surface area contributed by atoms with E-state index in [1.54, 1.807) is 14.0 Å². The maximum absolute atomic E-state index is 12.9. The minimum atomic E-state index is -1.11. The molecule has 124 valence electrons. The molecule has 2 rings (SSSR count). The number of nitrogens with zero attached hydrogens (tertiary/aromatic N) is 1. The van der Waals surface area contributed by atoms with Crippen LogP contribution < -0.4 is 4.74 Å². The summed E-state index contributed by atoms with van der Waals surface area (Å²) in [5.41, 5.74) is -0.162. The zero-order valence-corrected chi connectivity index (χ0v) is 15.0. The van der Waals surface area contributed by atoms with Gasteiger partial charge in [-0.15, -0.1) is 0 Å². The Morgan fingerprint density at radius 2 is 1.96 bits per heavy atom. The summed E-state index contributed by atoms with van der Waals surface area (Å²) in [5.74, 6) is 0.538. The van der Waals surface area contributed by atoms with Crippen LogP contribution >= 0.6 is 11.8 Å². The number of benzene rings is 2. The molecular weight excluding hydrogens is 318 g/mol. The molecule has 0 aliphatic rings. The monoisotopic (exact) mass is 339 g/mol. The van der Waals surface area contributed by atoms with Crippen LogP contribution in [0.3, 0.4) is 0 Å². The molecule has 0 radical (unpaired) electrons. The van der Waals surface area contributed by atoms with Crippen molar-refractivity contribution in [3.63, 3.8) is 0 Å². The third-order valence-electron chi connectivity index (χ3n) is 4.21. The molecule has 2 aromatic carbocycles. The molecule has 2 atom stereocenters. The minimum Gasteiger partial charge on any atom is -0.497 e. The van der Waals surface area contributed by atoms with Crippen LogP contribution in [0.15, 0.2) is 59.5 Å². The van der Waals surface area contributed by atoms with Crippen LogP contribution in [-0.4, -0.2) is 12.2 Å². The first kappa shape index (κ1) is 18.1. The van der Waals surface area contributed by atoms with Crippen LogP contribution in [0.4, 0.5) is 0 Å². The quantitative estimate of drug-likeness (QED) is 0.692. The lowest BCUT2D eigenvalue weighted by atomic mass is 9.74. The molecule has 0 N–H and O–H groups in total. The van der Waals surface area contributed by atoms with Gasteiger partial charge in [0, 0.05) is 10.8 Å². The Balaban J connectivity index is 2.34. The molecule has 2 aromatic rings. The van der Waals surface area contributed by atoms with Crippen molar-refractivity contribution in [3.05, 3.63) is 60.2 Å². The molecule has 4 heteroatoms. The van der Waals surface area contributed by atoms with E-state index in [1.807, 2.05) is 61.5 Å². The van der Waals surface area contributed by atoms with Gasteiger partial charge in [0.1, 0.15) is 11.2 Å². The standard InChI is InChI=1S/C20H21NO2S/c1-4-18(15-9-8-10-16(13-15)23-3)20(2,14-21)19(22)24-17-11-6-5-7-12-17/h5-13,18H,4H2,1-3H3. The summed E-state index contributed by atoms with van der Waals surface area (Å²) in [5, 5.41) is 9.67. The fourth-order valence-electron chi connectivity index (χ4n) is 2.80. The van der Waals surface area contributed by atoms with Crippen molar-refractivity contribution in [2.24, 2.45) is 5.41 Å². The number of thioether (sulfide) groups is 1. The maximum Gasteiger partial charge on any atom is 0.214 e. The van der Waals surface area contributed by atoms with E-state index in [2.05, 4.69) is 6.07 Å². The average molecular weight is 339 g/mol. The largest absolute Gasteiger partial charge is 0.497 e. The number of ether oxygens (including phenoxy) is 1. The van der Waals surface area contributed by atoms with Crippen LogP contribution in [-0.2, 0) is 4.79 Å². The lowest BCUT2D eigenvalue weighted by Crippen LogP contribution is -2.31. The van der Waals surface area contributed by atoms with Crippen molar-refractivity contribution in [1.29, 1.82) is 5.26 Å². The molecule has 0 saturated carbocycles. The van der Waals surface area contributed by atoms with Crippen LogP contribution in [0.2, 0.25) is 0 Å². The van der Waals surface area contributed by atoms with E-state index in [4.69, 9.17) is 4.74 Å². The summed E-state index contributed by atoms with van der Waals surface area (Å²) in [7, 11) is 1.61. The second kappa shape index (κ2) is 8.03. The number of rotatable bonds is 6. The number of hydrogen-bond donors (Lipinski definition) is 0. The smallest absolute Gasteiger partial charge is 0.214 e. The van der Waals surface area contributed by atoms with Gasteiger partial charge in [0.15, 0.2) is 0 Å². The lowest BCUT2D eigenvalue weighted by Gasteiger charge is -2.29. The van der Waals surface area contributed by atoms with Crippen molar-refractivity contribution < 1.29 is 9.53 Å². The Morgan fingerprint density at radius 3 is 2.54 bits per heavy atom. The number of carbonyl (C=O) groups is 1. The van der Waals surface area contributed by atoms with Gasteiger partial charge in [-0.2, -0.15) is 5.26 Å². The van der Waals surface area contributed by atoms with Crippen LogP contribution in [0.1, 0.15) is 31.7 Å². The topological polar surface area (TPSA) is 50.1 Å². The number of carbonyl (C=O) groups excluding carboxylic acids is 1. The Labute approximate surface area is 147 Å². The Bertz CT molecular complexity index is 739. The van der Waals surface area contributed by atoms with Crippen LogP contribution in [0.25, 0.3) is 0 Å². The van der Waals surface area contributed by atoms with Gasteiger partial charge in [0.2, 0.25) is 5.12 Å². The Morgan fingerprint density at radius 1 is 1.25 bits per heavy atom. The molecule has 0 saturated heterocycles. The minimum absolute atomic E-state index is 0.133. The van der Waals surface area contributed by atoms with Crippen molar-refractivity contribution in [2.75, 3.05) is 7.11 Å². The van der Waals surface area contributed by atoms with E-state index in [0.29, 0.717) is 6.42 Å². The molecule has 3 nitrogen and oxygen atoms in total. The highest BCUT2D eigenvalue weighted by molar-refractivity contribution is 8.13.